The van der Waals surface area contributed by atoms with Crippen molar-refractivity contribution in [2.75, 3.05) is 16.4 Å². The molecule has 0 aliphatic rings. The summed E-state index contributed by atoms with van der Waals surface area (Å²) in [5.41, 5.74) is -0.839. The molecule has 0 bridgehead atoms. The smallest absolute Gasteiger partial charge is 0.326 e. The topological polar surface area (TPSA) is 88.9 Å². The first kappa shape index (κ1) is 25.0. The number of carbonyl (C=O) groups excluding carboxylic acids is 2. The van der Waals surface area contributed by atoms with E-state index in [1.807, 2.05) is 0 Å². The van der Waals surface area contributed by atoms with Crippen LogP contribution in [0, 0.1) is 5.82 Å². The highest BCUT2D eigenvalue weighted by Gasteiger charge is 2.30. The number of hydrogen-bond acceptors (Lipinski definition) is 5. The molecule has 1 heterocycles. The predicted octanol–water partition coefficient (Wildman–Crippen LogP) is 4.53. The van der Waals surface area contributed by atoms with Gasteiger partial charge < -0.3 is 15.2 Å². The molecule has 12 heteroatoms. The first-order valence-corrected chi connectivity index (χ1v) is 10.8. The minimum Gasteiger partial charge on any atom is -0.326 e. The van der Waals surface area contributed by atoms with Crippen molar-refractivity contribution in [3.8, 4) is 0 Å². The van der Waals surface area contributed by atoms with Crippen LogP contribution in [0.3, 0.4) is 0 Å². The van der Waals surface area contributed by atoms with E-state index in [0.717, 1.165) is 23.9 Å². The molecule has 0 unspecified atom stereocenters. The standard InChI is InChI=1S/C22H19F4N5O2S/c1-2-10-31-18(12-19(32)27-15-7-5-6-14(11-15)22(24,25)26)29-30-21(31)34-13-20(33)28-17-9-4-3-8-16(17)23/h2-9,11H,1,10,12-13H2,(H,27,32)(H,28,33). The van der Waals surface area contributed by atoms with Gasteiger partial charge in [0.15, 0.2) is 5.16 Å². The Morgan fingerprint density at radius 3 is 2.53 bits per heavy atom. The number of aromatic nitrogens is 3. The summed E-state index contributed by atoms with van der Waals surface area (Å²) in [4.78, 5) is 24.6. The number of alkyl halides is 3. The number of nitrogens with zero attached hydrogens (tertiary/aromatic N) is 3. The van der Waals surface area contributed by atoms with Crippen LogP contribution in [0.15, 0.2) is 66.3 Å². The Hall–Kier alpha value is -3.67. The summed E-state index contributed by atoms with van der Waals surface area (Å²) in [5.74, 6) is -1.48. The molecule has 178 valence electrons. The molecule has 7 nitrogen and oxygen atoms in total. The number of hydrogen-bond donors (Lipinski definition) is 2. The maximum absolute atomic E-state index is 13.7. The summed E-state index contributed by atoms with van der Waals surface area (Å²) in [7, 11) is 0. The van der Waals surface area contributed by atoms with Crippen LogP contribution in [0.25, 0.3) is 0 Å². The number of nitrogens with one attached hydrogen (secondary N) is 2. The van der Waals surface area contributed by atoms with E-state index in [2.05, 4.69) is 27.4 Å². The molecule has 3 aromatic rings. The van der Waals surface area contributed by atoms with Crippen molar-refractivity contribution >= 4 is 35.0 Å². The first-order valence-electron chi connectivity index (χ1n) is 9.84. The second-order valence-electron chi connectivity index (χ2n) is 6.92. The number of halogens is 4. The number of amides is 2. The highest BCUT2D eigenvalue weighted by molar-refractivity contribution is 7.99. The lowest BCUT2D eigenvalue weighted by atomic mass is 10.2. The van der Waals surface area contributed by atoms with E-state index in [1.54, 1.807) is 16.7 Å². The Bertz CT molecular complexity index is 1200. The highest BCUT2D eigenvalue weighted by Crippen LogP contribution is 2.30. The fourth-order valence-corrected chi connectivity index (χ4v) is 3.64. The van der Waals surface area contributed by atoms with E-state index in [1.165, 1.54) is 30.3 Å². The van der Waals surface area contributed by atoms with Gasteiger partial charge in [0.25, 0.3) is 0 Å². The largest absolute Gasteiger partial charge is 0.416 e. The van der Waals surface area contributed by atoms with Crippen molar-refractivity contribution in [2.24, 2.45) is 0 Å². The number of rotatable bonds is 9. The number of para-hydroxylation sites is 1. The zero-order valence-electron chi connectivity index (χ0n) is 17.6. The number of anilines is 2. The molecule has 0 aliphatic carbocycles. The number of allylic oxidation sites excluding steroid dienone is 1. The van der Waals surface area contributed by atoms with Crippen LogP contribution in [0.2, 0.25) is 0 Å². The van der Waals surface area contributed by atoms with E-state index in [-0.39, 0.29) is 35.9 Å². The minimum atomic E-state index is -4.53. The molecule has 2 aromatic carbocycles. The van der Waals surface area contributed by atoms with Gasteiger partial charge in [-0.3, -0.25) is 9.59 Å². The molecule has 0 saturated carbocycles. The lowest BCUT2D eigenvalue weighted by Gasteiger charge is -2.11. The van der Waals surface area contributed by atoms with Crippen LogP contribution in [-0.4, -0.2) is 32.3 Å². The zero-order chi connectivity index (χ0) is 24.7. The minimum absolute atomic E-state index is 0.00553. The Morgan fingerprint density at radius 2 is 1.82 bits per heavy atom. The average molecular weight is 493 g/mol. The lowest BCUT2D eigenvalue weighted by molar-refractivity contribution is -0.137. The van der Waals surface area contributed by atoms with Crippen LogP contribution in [-0.2, 0) is 28.7 Å². The lowest BCUT2D eigenvalue weighted by Crippen LogP contribution is -2.18. The van der Waals surface area contributed by atoms with E-state index >= 15 is 0 Å². The van der Waals surface area contributed by atoms with Gasteiger partial charge in [-0.05, 0) is 30.3 Å². The van der Waals surface area contributed by atoms with Gasteiger partial charge >= 0.3 is 6.18 Å². The van der Waals surface area contributed by atoms with Crippen molar-refractivity contribution in [1.29, 1.82) is 0 Å². The molecule has 0 saturated heterocycles. The normalized spacial score (nSPS) is 11.2. The molecular weight excluding hydrogens is 474 g/mol. The van der Waals surface area contributed by atoms with Gasteiger partial charge in [0.05, 0.1) is 23.4 Å². The van der Waals surface area contributed by atoms with E-state index < -0.39 is 29.4 Å². The summed E-state index contributed by atoms with van der Waals surface area (Å²) < 4.78 is 53.9. The van der Waals surface area contributed by atoms with E-state index in [4.69, 9.17) is 0 Å². The van der Waals surface area contributed by atoms with E-state index in [9.17, 15) is 27.2 Å². The molecule has 3 rings (SSSR count). The summed E-state index contributed by atoms with van der Waals surface area (Å²) in [5, 5.41) is 13.1. The van der Waals surface area contributed by atoms with Crippen LogP contribution in [0.5, 0.6) is 0 Å². The van der Waals surface area contributed by atoms with Crippen molar-refractivity contribution in [3.63, 3.8) is 0 Å². The van der Waals surface area contributed by atoms with Gasteiger partial charge in [0, 0.05) is 12.2 Å². The number of benzene rings is 2. The second kappa shape index (κ2) is 11.0. The van der Waals surface area contributed by atoms with Gasteiger partial charge in [-0.2, -0.15) is 13.2 Å². The zero-order valence-corrected chi connectivity index (χ0v) is 18.4. The quantitative estimate of drug-likeness (QED) is 0.260. The Kier molecular flexibility index (Phi) is 8.05. The van der Waals surface area contributed by atoms with Gasteiger partial charge in [-0.25, -0.2) is 4.39 Å². The third-order valence-corrected chi connectivity index (χ3v) is 5.34. The fraction of sp³-hybridized carbons (Fsp3) is 0.182. The molecule has 0 radical (unpaired) electrons. The summed E-state index contributed by atoms with van der Waals surface area (Å²) in [6, 6.07) is 10.0. The van der Waals surface area contributed by atoms with Crippen molar-refractivity contribution in [1.82, 2.24) is 14.8 Å². The fourth-order valence-electron chi connectivity index (χ4n) is 2.87. The maximum atomic E-state index is 13.7. The predicted molar refractivity (Wildman–Crippen MR) is 120 cm³/mol. The molecule has 0 aliphatic heterocycles. The monoisotopic (exact) mass is 493 g/mol. The molecule has 1 aromatic heterocycles. The molecule has 34 heavy (non-hydrogen) atoms. The number of thioether (sulfide) groups is 1. The molecule has 2 N–H and O–H groups in total. The summed E-state index contributed by atoms with van der Waals surface area (Å²) in [6.07, 6.45) is -3.25. The number of carbonyl (C=O) groups is 2. The van der Waals surface area contributed by atoms with Gasteiger partial charge in [-0.15, -0.1) is 16.8 Å². The van der Waals surface area contributed by atoms with Crippen LogP contribution < -0.4 is 10.6 Å². The average Bonchev–Trinajstić information content (AvgIpc) is 3.15. The maximum Gasteiger partial charge on any atom is 0.416 e. The molecule has 0 spiro atoms. The third-order valence-electron chi connectivity index (χ3n) is 4.38. The highest BCUT2D eigenvalue weighted by atomic mass is 32.2. The Morgan fingerprint density at radius 1 is 1.06 bits per heavy atom. The first-order chi connectivity index (χ1) is 16.2. The van der Waals surface area contributed by atoms with Crippen molar-refractivity contribution in [3.05, 3.63) is 78.4 Å². The van der Waals surface area contributed by atoms with Crippen molar-refractivity contribution in [2.45, 2.75) is 24.3 Å². The second-order valence-corrected chi connectivity index (χ2v) is 7.86. The van der Waals surface area contributed by atoms with Gasteiger partial charge in [0.2, 0.25) is 11.8 Å². The van der Waals surface area contributed by atoms with Crippen LogP contribution in [0.4, 0.5) is 28.9 Å². The molecule has 0 atom stereocenters. The van der Waals surface area contributed by atoms with Crippen molar-refractivity contribution < 1.29 is 27.2 Å². The summed E-state index contributed by atoms with van der Waals surface area (Å²) >= 11 is 1.03. The molecule has 0 fully saturated rings. The third kappa shape index (κ3) is 6.67. The van der Waals surface area contributed by atoms with Crippen LogP contribution >= 0.6 is 11.8 Å². The SMILES string of the molecule is C=CCn1c(CC(=O)Nc2cccc(C(F)(F)F)c2)nnc1SCC(=O)Nc1ccccc1F. The molecular formula is C22H19F4N5O2S. The molecule has 2 amide bonds. The van der Waals surface area contributed by atoms with Gasteiger partial charge in [0.1, 0.15) is 11.6 Å². The Balaban J connectivity index is 1.64. The summed E-state index contributed by atoms with van der Waals surface area (Å²) in [6.45, 7) is 3.88. The Labute approximate surface area is 196 Å². The van der Waals surface area contributed by atoms with Gasteiger partial charge in [-0.1, -0.05) is 36.0 Å². The van der Waals surface area contributed by atoms with E-state index in [0.29, 0.717) is 5.16 Å². The van der Waals surface area contributed by atoms with Crippen LogP contribution in [0.1, 0.15) is 11.4 Å².